The van der Waals surface area contributed by atoms with E-state index in [0.29, 0.717) is 12.0 Å². The molecule has 1 aliphatic carbocycles. The molecule has 1 saturated heterocycles. The molecule has 2 aliphatic rings. The van der Waals surface area contributed by atoms with E-state index >= 15 is 0 Å². The summed E-state index contributed by atoms with van der Waals surface area (Å²) in [5.41, 5.74) is 5.35. The van der Waals surface area contributed by atoms with Crippen molar-refractivity contribution in [2.75, 3.05) is 6.54 Å². The fourth-order valence-electron chi connectivity index (χ4n) is 4.33. The van der Waals surface area contributed by atoms with Gasteiger partial charge in [0.15, 0.2) is 0 Å². The van der Waals surface area contributed by atoms with Gasteiger partial charge >= 0.3 is 0 Å². The lowest BCUT2D eigenvalue weighted by Gasteiger charge is -2.47. The molecule has 1 N–H and O–H groups in total. The Morgan fingerprint density at radius 3 is 2.74 bits per heavy atom. The standard InChI is InChI=1S/C20H24N2O/c1-20(2)17-5-4-13(14-7-9-22(3)19(23)12-14)10-16(17)15-6-8-21-18(20)11-15/h4-5,7,9-10,12,15,18,21H,6,8,11H2,1-3H3. The van der Waals surface area contributed by atoms with Crippen LogP contribution in [0, 0.1) is 0 Å². The third-order valence-electron chi connectivity index (χ3n) is 5.90. The van der Waals surface area contributed by atoms with E-state index in [4.69, 9.17) is 0 Å². The summed E-state index contributed by atoms with van der Waals surface area (Å²) in [4.78, 5) is 11.9. The van der Waals surface area contributed by atoms with E-state index in [-0.39, 0.29) is 11.0 Å². The van der Waals surface area contributed by atoms with Gasteiger partial charge in [0.1, 0.15) is 0 Å². The normalized spacial score (nSPS) is 25.0. The number of piperidine rings is 1. The lowest BCUT2D eigenvalue weighted by Crippen LogP contribution is -2.52. The first kappa shape index (κ1) is 14.7. The molecule has 3 heteroatoms. The summed E-state index contributed by atoms with van der Waals surface area (Å²) < 4.78 is 1.61. The van der Waals surface area contributed by atoms with E-state index in [1.54, 1.807) is 17.7 Å². The minimum atomic E-state index is 0.0440. The van der Waals surface area contributed by atoms with Crippen molar-refractivity contribution in [2.45, 2.75) is 44.1 Å². The van der Waals surface area contributed by atoms with E-state index in [0.717, 1.165) is 17.7 Å². The van der Waals surface area contributed by atoms with Crippen LogP contribution in [0.15, 0.2) is 41.3 Å². The van der Waals surface area contributed by atoms with Crippen LogP contribution in [-0.2, 0) is 12.5 Å². The van der Waals surface area contributed by atoms with Gasteiger partial charge in [-0.1, -0.05) is 32.0 Å². The summed E-state index contributed by atoms with van der Waals surface area (Å²) in [6.07, 6.45) is 4.28. The molecular weight excluding hydrogens is 284 g/mol. The monoisotopic (exact) mass is 308 g/mol. The second-order valence-electron chi connectivity index (χ2n) is 7.62. The molecule has 0 spiro atoms. The number of hydrogen-bond acceptors (Lipinski definition) is 2. The first-order valence-corrected chi connectivity index (χ1v) is 8.51. The largest absolute Gasteiger partial charge is 0.319 e. The molecule has 1 aromatic heterocycles. The third-order valence-corrected chi connectivity index (χ3v) is 5.90. The number of hydrogen-bond donors (Lipinski definition) is 1. The number of aromatic nitrogens is 1. The molecule has 120 valence electrons. The van der Waals surface area contributed by atoms with E-state index in [1.807, 2.05) is 12.3 Å². The van der Waals surface area contributed by atoms with Crippen molar-refractivity contribution in [1.82, 2.24) is 9.88 Å². The smallest absolute Gasteiger partial charge is 0.250 e. The number of nitrogens with zero attached hydrogens (tertiary/aromatic N) is 1. The first-order valence-electron chi connectivity index (χ1n) is 8.51. The van der Waals surface area contributed by atoms with Gasteiger partial charge in [-0.3, -0.25) is 4.79 Å². The van der Waals surface area contributed by atoms with E-state index < -0.39 is 0 Å². The zero-order valence-corrected chi connectivity index (χ0v) is 14.1. The summed E-state index contributed by atoms with van der Waals surface area (Å²) in [7, 11) is 1.79. The molecule has 2 heterocycles. The van der Waals surface area contributed by atoms with Crippen molar-refractivity contribution in [3.8, 4) is 11.1 Å². The third kappa shape index (κ3) is 2.26. The van der Waals surface area contributed by atoms with Crippen LogP contribution in [0.1, 0.15) is 43.7 Å². The predicted octanol–water partition coefficient (Wildman–Crippen LogP) is 3.18. The van der Waals surface area contributed by atoms with Crippen molar-refractivity contribution in [2.24, 2.45) is 7.05 Å². The highest BCUT2D eigenvalue weighted by molar-refractivity contribution is 5.65. The maximum atomic E-state index is 11.9. The van der Waals surface area contributed by atoms with Gasteiger partial charge in [0.05, 0.1) is 0 Å². The van der Waals surface area contributed by atoms with Gasteiger partial charge in [-0.05, 0) is 53.6 Å². The van der Waals surface area contributed by atoms with Crippen molar-refractivity contribution >= 4 is 0 Å². The van der Waals surface area contributed by atoms with Crippen LogP contribution in [0.25, 0.3) is 11.1 Å². The van der Waals surface area contributed by atoms with E-state index in [9.17, 15) is 4.79 Å². The molecule has 1 aromatic carbocycles. The second-order valence-corrected chi connectivity index (χ2v) is 7.62. The predicted molar refractivity (Wildman–Crippen MR) is 93.9 cm³/mol. The highest BCUT2D eigenvalue weighted by Crippen LogP contribution is 2.46. The molecule has 1 fully saturated rings. The summed E-state index contributed by atoms with van der Waals surface area (Å²) in [6.45, 7) is 5.81. The molecule has 0 radical (unpaired) electrons. The Labute approximate surface area is 137 Å². The number of fused-ring (bicyclic) bond motifs is 4. The molecule has 0 saturated carbocycles. The highest BCUT2D eigenvalue weighted by Gasteiger charge is 2.42. The van der Waals surface area contributed by atoms with Crippen LogP contribution in [0.3, 0.4) is 0 Å². The van der Waals surface area contributed by atoms with Crippen molar-refractivity contribution in [3.05, 3.63) is 58.0 Å². The summed E-state index contributed by atoms with van der Waals surface area (Å²) in [5.74, 6) is 0.649. The molecule has 3 nitrogen and oxygen atoms in total. The fraction of sp³-hybridized carbons (Fsp3) is 0.450. The van der Waals surface area contributed by atoms with Gasteiger partial charge in [0.25, 0.3) is 5.56 Å². The van der Waals surface area contributed by atoms with Gasteiger partial charge in [-0.2, -0.15) is 0 Å². The molecule has 2 atom stereocenters. The zero-order valence-electron chi connectivity index (χ0n) is 14.1. The zero-order chi connectivity index (χ0) is 16.2. The van der Waals surface area contributed by atoms with Gasteiger partial charge < -0.3 is 9.88 Å². The van der Waals surface area contributed by atoms with E-state index in [2.05, 4.69) is 37.4 Å². The average molecular weight is 308 g/mol. The van der Waals surface area contributed by atoms with Gasteiger partial charge in [-0.25, -0.2) is 0 Å². The maximum absolute atomic E-state index is 11.9. The van der Waals surface area contributed by atoms with Crippen molar-refractivity contribution in [1.29, 1.82) is 0 Å². The Hall–Kier alpha value is -1.87. The van der Waals surface area contributed by atoms with Crippen LogP contribution in [0.5, 0.6) is 0 Å². The van der Waals surface area contributed by atoms with Crippen LogP contribution >= 0.6 is 0 Å². The topological polar surface area (TPSA) is 34.0 Å². The molecule has 2 bridgehead atoms. The summed E-state index contributed by atoms with van der Waals surface area (Å²) in [6, 6.07) is 11.1. The van der Waals surface area contributed by atoms with Crippen LogP contribution in [0.4, 0.5) is 0 Å². The van der Waals surface area contributed by atoms with Gasteiger partial charge in [-0.15, -0.1) is 0 Å². The molecular formula is C20H24N2O. The number of aryl methyl sites for hydroxylation is 1. The Morgan fingerprint density at radius 2 is 1.96 bits per heavy atom. The Morgan fingerprint density at radius 1 is 1.17 bits per heavy atom. The summed E-state index contributed by atoms with van der Waals surface area (Å²) in [5, 5.41) is 3.70. The lowest BCUT2D eigenvalue weighted by molar-refractivity contribution is 0.236. The van der Waals surface area contributed by atoms with Crippen LogP contribution in [0.2, 0.25) is 0 Å². The summed E-state index contributed by atoms with van der Waals surface area (Å²) >= 11 is 0. The molecule has 2 unspecified atom stereocenters. The number of pyridine rings is 1. The Kier molecular flexibility index (Phi) is 3.24. The lowest BCUT2D eigenvalue weighted by atomic mass is 9.63. The minimum absolute atomic E-state index is 0.0440. The SMILES string of the molecule is Cn1ccc(-c2ccc3c(c2)C2CCNC(C2)C3(C)C)cc1=O. The minimum Gasteiger partial charge on any atom is -0.319 e. The highest BCUT2D eigenvalue weighted by atomic mass is 16.1. The van der Waals surface area contributed by atoms with Crippen molar-refractivity contribution < 1.29 is 0 Å². The Balaban J connectivity index is 1.84. The van der Waals surface area contributed by atoms with Crippen molar-refractivity contribution in [3.63, 3.8) is 0 Å². The maximum Gasteiger partial charge on any atom is 0.250 e. The van der Waals surface area contributed by atoms with Gasteiger partial charge in [0, 0.05) is 30.8 Å². The van der Waals surface area contributed by atoms with E-state index in [1.165, 1.54) is 24.0 Å². The molecule has 4 rings (SSSR count). The van der Waals surface area contributed by atoms with Crippen LogP contribution < -0.4 is 10.9 Å². The number of nitrogens with one attached hydrogen (secondary N) is 1. The molecule has 2 aromatic rings. The van der Waals surface area contributed by atoms with Crippen LogP contribution in [-0.4, -0.2) is 17.2 Å². The molecule has 1 aliphatic heterocycles. The fourth-order valence-corrected chi connectivity index (χ4v) is 4.33. The molecule has 0 amide bonds. The molecule has 23 heavy (non-hydrogen) atoms. The van der Waals surface area contributed by atoms with Gasteiger partial charge in [0.2, 0.25) is 0 Å². The Bertz CT molecular complexity index is 819. The second kappa shape index (κ2) is 5.07. The number of benzene rings is 1. The number of rotatable bonds is 1. The quantitative estimate of drug-likeness (QED) is 0.878. The first-order chi connectivity index (χ1) is 11.0. The average Bonchev–Trinajstić information content (AvgIpc) is 2.56.